The van der Waals surface area contributed by atoms with E-state index in [1.165, 1.54) is 11.1 Å². The van der Waals surface area contributed by atoms with Gasteiger partial charge >= 0.3 is 0 Å². The molecule has 0 amide bonds. The van der Waals surface area contributed by atoms with Crippen LogP contribution in [0.2, 0.25) is 0 Å². The highest BCUT2D eigenvalue weighted by Gasteiger charge is 2.23. The number of fused-ring (bicyclic) bond motifs is 11. The van der Waals surface area contributed by atoms with E-state index in [1.807, 2.05) is 12.4 Å². The van der Waals surface area contributed by atoms with Gasteiger partial charge in [0.1, 0.15) is 23.8 Å². The second kappa shape index (κ2) is 8.11. The minimum atomic E-state index is 0.329. The van der Waals surface area contributed by atoms with Crippen LogP contribution in [0, 0.1) is 0 Å². The predicted molar refractivity (Wildman–Crippen MR) is 155 cm³/mol. The standard InChI is InChI=1S/C32H26N6O/c1-4-27-36-28-21-8-6-18(12-23(21)24-13-33-34-14-25(24)29(28)37-27)17-5-7-20-19(11-17)15-39-31-22(20)9-10-26-30(31)38-32(35-26)16(2)3/h5-14,16H,4,15H2,1-3H3,(H,35,38)(H,36,37). The molecule has 8 rings (SSSR count). The number of hydrogen-bond donors (Lipinski definition) is 2. The summed E-state index contributed by atoms with van der Waals surface area (Å²) in [6.45, 7) is 6.91. The summed E-state index contributed by atoms with van der Waals surface area (Å²) >= 11 is 0. The van der Waals surface area contributed by atoms with Gasteiger partial charge in [0, 0.05) is 34.1 Å². The smallest absolute Gasteiger partial charge is 0.155 e. The number of benzene rings is 4. The van der Waals surface area contributed by atoms with Gasteiger partial charge in [-0.1, -0.05) is 45.0 Å². The molecule has 7 heteroatoms. The molecule has 7 aromatic rings. The summed E-state index contributed by atoms with van der Waals surface area (Å²) in [6.07, 6.45) is 4.51. The number of ether oxygens (including phenoxy) is 1. The van der Waals surface area contributed by atoms with E-state index in [0.717, 1.165) is 84.1 Å². The number of H-pyrrole nitrogens is 2. The number of nitrogens with one attached hydrogen (secondary N) is 2. The van der Waals surface area contributed by atoms with E-state index < -0.39 is 0 Å². The zero-order valence-corrected chi connectivity index (χ0v) is 22.0. The zero-order valence-electron chi connectivity index (χ0n) is 22.0. The topological polar surface area (TPSA) is 92.4 Å². The Bertz CT molecular complexity index is 2100. The Labute approximate surface area is 224 Å². The average Bonchev–Trinajstić information content (AvgIpc) is 3.62. The third-order valence-electron chi connectivity index (χ3n) is 7.93. The molecule has 0 unspecified atom stereocenters. The Morgan fingerprint density at radius 3 is 2.44 bits per heavy atom. The highest BCUT2D eigenvalue weighted by atomic mass is 16.5. The van der Waals surface area contributed by atoms with Crippen molar-refractivity contribution in [3.8, 4) is 28.0 Å². The van der Waals surface area contributed by atoms with Crippen molar-refractivity contribution >= 4 is 43.6 Å². The fourth-order valence-electron chi connectivity index (χ4n) is 5.88. The lowest BCUT2D eigenvalue weighted by molar-refractivity contribution is 0.305. The molecule has 1 aliphatic heterocycles. The number of nitrogens with zero attached hydrogens (tertiary/aromatic N) is 4. The lowest BCUT2D eigenvalue weighted by Gasteiger charge is -2.22. The molecule has 0 radical (unpaired) electrons. The molecular formula is C32H26N6O. The maximum absolute atomic E-state index is 6.33. The first-order chi connectivity index (χ1) is 19.1. The summed E-state index contributed by atoms with van der Waals surface area (Å²) in [5.74, 6) is 3.15. The van der Waals surface area contributed by atoms with Crippen LogP contribution < -0.4 is 4.74 Å². The molecule has 0 spiro atoms. The minimum absolute atomic E-state index is 0.329. The van der Waals surface area contributed by atoms with E-state index in [4.69, 9.17) is 14.7 Å². The highest BCUT2D eigenvalue weighted by Crippen LogP contribution is 2.43. The Morgan fingerprint density at radius 1 is 0.795 bits per heavy atom. The lowest BCUT2D eigenvalue weighted by atomic mass is 9.91. The third kappa shape index (κ3) is 3.22. The number of imidazole rings is 2. The molecule has 39 heavy (non-hydrogen) atoms. The molecule has 0 saturated carbocycles. The van der Waals surface area contributed by atoms with Crippen molar-refractivity contribution in [2.75, 3.05) is 0 Å². The van der Waals surface area contributed by atoms with Crippen LogP contribution in [0.1, 0.15) is 43.9 Å². The van der Waals surface area contributed by atoms with Crippen molar-refractivity contribution < 1.29 is 4.74 Å². The summed E-state index contributed by atoms with van der Waals surface area (Å²) in [5.41, 5.74) is 9.69. The summed E-state index contributed by atoms with van der Waals surface area (Å²) in [5, 5.41) is 12.7. The first-order valence-electron chi connectivity index (χ1n) is 13.4. The fourth-order valence-corrected chi connectivity index (χ4v) is 5.88. The van der Waals surface area contributed by atoms with Crippen LogP contribution in [0.4, 0.5) is 0 Å². The molecule has 1 aliphatic rings. The largest absolute Gasteiger partial charge is 0.486 e. The Morgan fingerprint density at radius 2 is 1.59 bits per heavy atom. The van der Waals surface area contributed by atoms with E-state index in [2.05, 4.69) is 89.5 Å². The van der Waals surface area contributed by atoms with Gasteiger partial charge in [-0.05, 0) is 51.9 Å². The first-order valence-corrected chi connectivity index (χ1v) is 13.4. The van der Waals surface area contributed by atoms with E-state index in [0.29, 0.717) is 12.5 Å². The summed E-state index contributed by atoms with van der Waals surface area (Å²) in [7, 11) is 0. The van der Waals surface area contributed by atoms with Gasteiger partial charge in [0.2, 0.25) is 0 Å². The van der Waals surface area contributed by atoms with Gasteiger partial charge in [-0.3, -0.25) is 0 Å². The summed E-state index contributed by atoms with van der Waals surface area (Å²) in [4.78, 5) is 16.7. The van der Waals surface area contributed by atoms with E-state index in [-0.39, 0.29) is 0 Å². The van der Waals surface area contributed by atoms with Crippen LogP contribution >= 0.6 is 0 Å². The number of aromatic amines is 2. The average molecular weight is 511 g/mol. The molecule has 4 aromatic carbocycles. The van der Waals surface area contributed by atoms with Crippen LogP contribution in [-0.2, 0) is 13.0 Å². The Balaban J connectivity index is 1.27. The highest BCUT2D eigenvalue weighted by molar-refractivity contribution is 6.23. The van der Waals surface area contributed by atoms with E-state index >= 15 is 0 Å². The van der Waals surface area contributed by atoms with Crippen molar-refractivity contribution in [1.82, 2.24) is 30.1 Å². The van der Waals surface area contributed by atoms with Gasteiger partial charge in [0.15, 0.2) is 5.75 Å². The van der Waals surface area contributed by atoms with E-state index in [1.54, 1.807) is 0 Å². The monoisotopic (exact) mass is 510 g/mol. The molecule has 2 N–H and O–H groups in total. The zero-order chi connectivity index (χ0) is 26.2. The van der Waals surface area contributed by atoms with Crippen molar-refractivity contribution in [3.05, 3.63) is 78.1 Å². The second-order valence-electron chi connectivity index (χ2n) is 10.6. The number of rotatable bonds is 3. The molecule has 0 aliphatic carbocycles. The van der Waals surface area contributed by atoms with E-state index in [9.17, 15) is 0 Å². The molecular weight excluding hydrogens is 484 g/mol. The van der Waals surface area contributed by atoms with Crippen molar-refractivity contribution in [3.63, 3.8) is 0 Å². The number of aromatic nitrogens is 6. The molecule has 0 saturated heterocycles. The lowest BCUT2D eigenvalue weighted by Crippen LogP contribution is -2.06. The minimum Gasteiger partial charge on any atom is -0.486 e. The number of aryl methyl sites for hydroxylation is 1. The Hall–Kier alpha value is -4.78. The third-order valence-corrected chi connectivity index (χ3v) is 7.93. The van der Waals surface area contributed by atoms with Crippen LogP contribution in [0.5, 0.6) is 5.75 Å². The van der Waals surface area contributed by atoms with Crippen LogP contribution in [0.3, 0.4) is 0 Å². The fraction of sp³-hybridized carbons (Fsp3) is 0.188. The summed E-state index contributed by atoms with van der Waals surface area (Å²) in [6, 6.07) is 17.6. The first kappa shape index (κ1) is 22.2. The van der Waals surface area contributed by atoms with Crippen molar-refractivity contribution in [2.45, 2.75) is 39.7 Å². The Kier molecular flexibility index (Phi) is 4.62. The maximum Gasteiger partial charge on any atom is 0.155 e. The normalized spacial score (nSPS) is 12.9. The van der Waals surface area contributed by atoms with Gasteiger partial charge in [0.05, 0.1) is 28.9 Å². The SMILES string of the molecule is CCc1nc2c3cnncc3c3cc(-c4ccc5c(c4)COc4c-5ccc5[nH]c(C(C)C)nc45)ccc3c2[nH]1. The van der Waals surface area contributed by atoms with Gasteiger partial charge in [0.25, 0.3) is 0 Å². The molecule has 0 fully saturated rings. The van der Waals surface area contributed by atoms with Gasteiger partial charge in [-0.2, -0.15) is 10.2 Å². The molecule has 4 heterocycles. The van der Waals surface area contributed by atoms with Crippen LogP contribution in [0.15, 0.2) is 60.9 Å². The predicted octanol–water partition coefficient (Wildman–Crippen LogP) is 7.45. The summed E-state index contributed by atoms with van der Waals surface area (Å²) < 4.78 is 6.33. The quantitative estimate of drug-likeness (QED) is 0.241. The number of hydrogen-bond acceptors (Lipinski definition) is 5. The van der Waals surface area contributed by atoms with Crippen LogP contribution in [-0.4, -0.2) is 30.1 Å². The molecule has 0 atom stereocenters. The van der Waals surface area contributed by atoms with Gasteiger partial charge in [-0.25, -0.2) is 9.97 Å². The molecule has 190 valence electrons. The van der Waals surface area contributed by atoms with Crippen molar-refractivity contribution in [2.24, 2.45) is 0 Å². The van der Waals surface area contributed by atoms with Gasteiger partial charge in [-0.15, -0.1) is 0 Å². The van der Waals surface area contributed by atoms with Crippen molar-refractivity contribution in [1.29, 1.82) is 0 Å². The second-order valence-corrected chi connectivity index (χ2v) is 10.6. The maximum atomic E-state index is 6.33. The van der Waals surface area contributed by atoms with Gasteiger partial charge < -0.3 is 14.7 Å². The molecule has 0 bridgehead atoms. The van der Waals surface area contributed by atoms with Crippen LogP contribution in [0.25, 0.3) is 65.9 Å². The molecule has 3 aromatic heterocycles. The molecule has 7 nitrogen and oxygen atoms in total.